The molecule has 0 spiro atoms. The molecule has 1 aliphatic rings. The molecule has 1 aliphatic heterocycles. The van der Waals surface area contributed by atoms with Crippen molar-refractivity contribution in [3.05, 3.63) is 47.2 Å². The topological polar surface area (TPSA) is 27.7 Å². The molecule has 0 fully saturated rings. The number of hydrogen-bond donors (Lipinski definition) is 0. The lowest BCUT2D eigenvalue weighted by Crippen LogP contribution is -2.11. The molecule has 0 radical (unpaired) electrons. The molecule has 0 saturated carbocycles. The number of rotatable bonds is 0. The molecule has 0 unspecified atom stereocenters. The summed E-state index contributed by atoms with van der Waals surface area (Å²) in [7, 11) is 0. The van der Waals surface area contributed by atoms with Gasteiger partial charge in [0.25, 0.3) is 0 Å². The van der Waals surface area contributed by atoms with Crippen molar-refractivity contribution in [2.45, 2.75) is 9.79 Å². The summed E-state index contributed by atoms with van der Waals surface area (Å²) in [5, 5.41) is 4.38. The second kappa shape index (κ2) is 12.4. The summed E-state index contributed by atoms with van der Waals surface area (Å²) in [5.74, 6) is 1.89. The summed E-state index contributed by atoms with van der Waals surface area (Å²) in [6.07, 6.45) is 0. The third-order valence-corrected chi connectivity index (χ3v) is 11.7. The van der Waals surface area contributed by atoms with E-state index < -0.39 is 0 Å². The number of fused-ring (bicyclic) bond motifs is 9. The van der Waals surface area contributed by atoms with Crippen LogP contribution in [-0.2, 0) is 14.2 Å². The van der Waals surface area contributed by atoms with Gasteiger partial charge in [-0.1, -0.05) is 0 Å². The van der Waals surface area contributed by atoms with E-state index in [1.807, 2.05) is 68.9 Å². The Morgan fingerprint density at radius 3 is 1.39 bits per heavy atom. The fourth-order valence-electron chi connectivity index (χ4n) is 3.33. The Hall–Kier alpha value is -0.620. The Kier molecular flexibility index (Phi) is 9.03. The molecule has 5 heterocycles. The number of hydrogen-bond acceptors (Lipinski definition) is 9. The lowest BCUT2D eigenvalue weighted by atomic mass is 10.3. The summed E-state index contributed by atoms with van der Waals surface area (Å²) >= 11 is 11.2. The first-order valence-corrected chi connectivity index (χ1v) is 16.1. The van der Waals surface area contributed by atoms with Crippen molar-refractivity contribution >= 4 is 68.9 Å². The molecule has 4 bridgehead atoms. The van der Waals surface area contributed by atoms with Gasteiger partial charge < -0.3 is 14.2 Å². The molecule has 0 aromatic carbocycles. The Morgan fingerprint density at radius 1 is 0.485 bits per heavy atom. The standard InChI is InChI=1S/C24H24O3S6/c1-3-21-23-19(5-13-30-23)28-15-11-26-9-7-25-8-10-27-12-16-29-20-6-14-31-24(20)22-4-2-18(33-22)17(1)32-21/h1-6,13-14H,7-12,15-16H2. The third-order valence-electron chi connectivity index (χ3n) is 4.88. The van der Waals surface area contributed by atoms with E-state index in [1.54, 1.807) is 0 Å². The Labute approximate surface area is 219 Å². The lowest BCUT2D eigenvalue weighted by Gasteiger charge is -2.07. The van der Waals surface area contributed by atoms with Gasteiger partial charge in [-0.2, -0.15) is 0 Å². The van der Waals surface area contributed by atoms with Crippen molar-refractivity contribution in [1.82, 2.24) is 0 Å². The van der Waals surface area contributed by atoms with E-state index in [9.17, 15) is 0 Å². The van der Waals surface area contributed by atoms with Crippen LogP contribution in [0.5, 0.6) is 0 Å². The maximum atomic E-state index is 5.74. The van der Waals surface area contributed by atoms with Crippen molar-refractivity contribution in [3.8, 4) is 29.3 Å². The van der Waals surface area contributed by atoms with Gasteiger partial charge in [-0.25, -0.2) is 0 Å². The van der Waals surface area contributed by atoms with Gasteiger partial charge in [0, 0.05) is 40.8 Å². The van der Waals surface area contributed by atoms with Crippen LogP contribution in [0.15, 0.2) is 56.9 Å². The fraction of sp³-hybridized carbons (Fsp3) is 0.333. The maximum absolute atomic E-state index is 5.74. The lowest BCUT2D eigenvalue weighted by molar-refractivity contribution is 0.0205. The largest absolute Gasteiger partial charge is 0.378 e. The molecule has 4 aromatic rings. The third kappa shape index (κ3) is 6.34. The zero-order chi connectivity index (χ0) is 22.3. The van der Waals surface area contributed by atoms with Crippen LogP contribution in [0.1, 0.15) is 0 Å². The van der Waals surface area contributed by atoms with E-state index in [0.717, 1.165) is 24.7 Å². The van der Waals surface area contributed by atoms with Crippen LogP contribution in [-0.4, -0.2) is 51.1 Å². The molecule has 5 rings (SSSR count). The highest BCUT2D eigenvalue weighted by atomic mass is 32.2. The minimum absolute atomic E-state index is 0.616. The normalized spacial score (nSPS) is 16.7. The van der Waals surface area contributed by atoms with E-state index in [2.05, 4.69) is 47.2 Å². The number of thiophene rings is 4. The summed E-state index contributed by atoms with van der Waals surface area (Å²) in [6, 6.07) is 13.5. The molecule has 0 N–H and O–H groups in total. The van der Waals surface area contributed by atoms with Gasteiger partial charge >= 0.3 is 0 Å². The second-order valence-electron chi connectivity index (χ2n) is 7.09. The van der Waals surface area contributed by atoms with Crippen LogP contribution in [0.2, 0.25) is 0 Å². The Balaban J connectivity index is 1.36. The van der Waals surface area contributed by atoms with Gasteiger partial charge in [0.2, 0.25) is 0 Å². The quantitative estimate of drug-likeness (QED) is 0.219. The van der Waals surface area contributed by atoms with Crippen LogP contribution < -0.4 is 0 Å². The van der Waals surface area contributed by atoms with Crippen LogP contribution in [0, 0.1) is 0 Å². The first-order valence-electron chi connectivity index (χ1n) is 10.7. The predicted octanol–water partition coefficient (Wildman–Crippen LogP) is 8.18. The SMILES string of the molecule is c1cc2c(s1)-c1ccc(s1)-c1ccc(s1)-c1sccc1SCCOCCOCCOCCS2. The minimum Gasteiger partial charge on any atom is -0.378 e. The fourth-order valence-corrected chi connectivity index (χ4v) is 9.89. The van der Waals surface area contributed by atoms with E-state index in [-0.39, 0.29) is 0 Å². The first kappa shape index (κ1) is 24.1. The zero-order valence-electron chi connectivity index (χ0n) is 17.9. The molecular formula is C24H24O3S6. The van der Waals surface area contributed by atoms with Gasteiger partial charge in [-0.05, 0) is 47.2 Å². The van der Waals surface area contributed by atoms with E-state index >= 15 is 0 Å². The number of thioether (sulfide) groups is 2. The summed E-state index contributed by atoms with van der Waals surface area (Å²) in [5.41, 5.74) is 0. The van der Waals surface area contributed by atoms with Crippen LogP contribution >= 0.6 is 68.9 Å². The van der Waals surface area contributed by atoms with Crippen LogP contribution in [0.25, 0.3) is 29.3 Å². The van der Waals surface area contributed by atoms with E-state index in [0.29, 0.717) is 26.4 Å². The zero-order valence-corrected chi connectivity index (χ0v) is 22.8. The summed E-state index contributed by atoms with van der Waals surface area (Å²) in [4.78, 5) is 10.8. The smallest absolute Gasteiger partial charge is 0.0701 e. The number of ether oxygens (including phenoxy) is 3. The van der Waals surface area contributed by atoms with Gasteiger partial charge in [-0.3, -0.25) is 0 Å². The predicted molar refractivity (Wildman–Crippen MR) is 148 cm³/mol. The molecule has 0 atom stereocenters. The van der Waals surface area contributed by atoms with E-state index in [1.165, 1.54) is 39.1 Å². The molecule has 174 valence electrons. The minimum atomic E-state index is 0.616. The molecule has 9 heteroatoms. The summed E-state index contributed by atoms with van der Waals surface area (Å²) < 4.78 is 17.1. The van der Waals surface area contributed by atoms with Gasteiger partial charge in [0.1, 0.15) is 0 Å². The molecule has 0 saturated heterocycles. The summed E-state index contributed by atoms with van der Waals surface area (Å²) in [6.45, 7) is 3.95. The van der Waals surface area contributed by atoms with Crippen molar-refractivity contribution in [2.75, 3.05) is 51.1 Å². The molecule has 3 nitrogen and oxygen atoms in total. The van der Waals surface area contributed by atoms with E-state index in [4.69, 9.17) is 14.2 Å². The monoisotopic (exact) mass is 552 g/mol. The highest BCUT2D eigenvalue weighted by Crippen LogP contribution is 2.46. The van der Waals surface area contributed by atoms with Crippen molar-refractivity contribution in [1.29, 1.82) is 0 Å². The average Bonchev–Trinajstić information content (AvgIpc) is 3.61. The van der Waals surface area contributed by atoms with Gasteiger partial charge in [0.05, 0.1) is 49.4 Å². The van der Waals surface area contributed by atoms with Crippen molar-refractivity contribution < 1.29 is 14.2 Å². The Bertz CT molecular complexity index is 1050. The van der Waals surface area contributed by atoms with Crippen molar-refractivity contribution in [3.63, 3.8) is 0 Å². The first-order chi connectivity index (χ1) is 16.4. The maximum Gasteiger partial charge on any atom is 0.0701 e. The molecule has 33 heavy (non-hydrogen) atoms. The Morgan fingerprint density at radius 2 is 0.909 bits per heavy atom. The highest BCUT2D eigenvalue weighted by Gasteiger charge is 2.15. The van der Waals surface area contributed by atoms with Crippen LogP contribution in [0.4, 0.5) is 0 Å². The molecule has 4 aromatic heterocycles. The highest BCUT2D eigenvalue weighted by molar-refractivity contribution is 7.99. The molecule has 0 aliphatic carbocycles. The average molecular weight is 553 g/mol. The van der Waals surface area contributed by atoms with Gasteiger partial charge in [0.15, 0.2) is 0 Å². The van der Waals surface area contributed by atoms with Crippen LogP contribution in [0.3, 0.4) is 0 Å². The van der Waals surface area contributed by atoms with Gasteiger partial charge in [-0.15, -0.1) is 68.9 Å². The molecule has 0 amide bonds. The second-order valence-corrected chi connectivity index (χ2v) is 13.4. The van der Waals surface area contributed by atoms with Crippen molar-refractivity contribution in [2.24, 2.45) is 0 Å². The molecular weight excluding hydrogens is 529 g/mol.